The zero-order chi connectivity index (χ0) is 23.9. The van der Waals surface area contributed by atoms with Gasteiger partial charge in [0.2, 0.25) is 0 Å². The van der Waals surface area contributed by atoms with Crippen LogP contribution in [0.15, 0.2) is 53.9 Å². The number of aromatic nitrogens is 1. The molecule has 34 heavy (non-hydrogen) atoms. The monoisotopic (exact) mass is 514 g/mol. The number of hydrogen-bond donors (Lipinski definition) is 2. The number of halogens is 1. The highest BCUT2D eigenvalue weighted by Crippen LogP contribution is 2.32. The van der Waals surface area contributed by atoms with Crippen molar-refractivity contribution in [3.05, 3.63) is 69.6 Å². The fraction of sp³-hybridized carbons (Fsp3) is 0.320. The maximum absolute atomic E-state index is 13.0. The van der Waals surface area contributed by atoms with Gasteiger partial charge >= 0.3 is 0 Å². The van der Waals surface area contributed by atoms with Crippen LogP contribution in [0.4, 0.5) is 5.69 Å². The minimum atomic E-state index is -0.204. The molecule has 0 atom stereocenters. The highest BCUT2D eigenvalue weighted by molar-refractivity contribution is 7.80. The standard InChI is InChI=1S/C25H27ClN4O2S2/c1-32-15-12-27-25(33)30-13-10-18(11-14-30)24-29-22(16-34-24)23(31)28-21-5-3-2-4-20(21)17-6-8-19(26)9-7-17/h2-9,16,18H,10-15H2,1H3,(H,27,33)(H,28,31). The largest absolute Gasteiger partial charge is 0.383 e. The van der Waals surface area contributed by atoms with Crippen LogP contribution < -0.4 is 10.6 Å². The van der Waals surface area contributed by atoms with E-state index in [2.05, 4.69) is 20.5 Å². The molecule has 4 rings (SSSR count). The number of benzene rings is 2. The number of rotatable bonds is 7. The number of methoxy groups -OCH3 is 1. The van der Waals surface area contributed by atoms with Gasteiger partial charge in [0.25, 0.3) is 5.91 Å². The first kappa shape index (κ1) is 24.6. The molecule has 0 saturated carbocycles. The zero-order valence-electron chi connectivity index (χ0n) is 18.9. The molecule has 6 nitrogen and oxygen atoms in total. The molecular weight excluding hydrogens is 488 g/mol. The van der Waals surface area contributed by atoms with Gasteiger partial charge in [0, 0.05) is 54.3 Å². The van der Waals surface area contributed by atoms with Gasteiger partial charge in [-0.1, -0.05) is 41.9 Å². The molecule has 178 valence electrons. The average Bonchev–Trinajstić information content (AvgIpc) is 3.36. The molecule has 0 radical (unpaired) electrons. The van der Waals surface area contributed by atoms with Crippen molar-refractivity contribution in [2.75, 3.05) is 38.7 Å². The predicted molar refractivity (Wildman–Crippen MR) is 143 cm³/mol. The number of likely N-dealkylation sites (tertiary alicyclic amines) is 1. The van der Waals surface area contributed by atoms with Gasteiger partial charge in [-0.25, -0.2) is 4.98 Å². The van der Waals surface area contributed by atoms with Crippen molar-refractivity contribution in [3.8, 4) is 11.1 Å². The Morgan fingerprint density at radius 1 is 1.21 bits per heavy atom. The van der Waals surface area contributed by atoms with Gasteiger partial charge < -0.3 is 20.3 Å². The molecule has 1 aliphatic rings. The van der Waals surface area contributed by atoms with Gasteiger partial charge in [-0.05, 0) is 48.8 Å². The summed E-state index contributed by atoms with van der Waals surface area (Å²) in [6, 6.07) is 15.3. The number of nitrogens with zero attached hydrogens (tertiary/aromatic N) is 2. The normalized spacial score (nSPS) is 14.1. The number of carbonyl (C=O) groups is 1. The number of thiocarbonyl (C=S) groups is 1. The van der Waals surface area contributed by atoms with E-state index in [-0.39, 0.29) is 5.91 Å². The third kappa shape index (κ3) is 6.13. The summed E-state index contributed by atoms with van der Waals surface area (Å²) in [5.74, 6) is 0.135. The van der Waals surface area contributed by atoms with Gasteiger partial charge in [-0.3, -0.25) is 4.79 Å². The summed E-state index contributed by atoms with van der Waals surface area (Å²) >= 11 is 13.1. The number of amides is 1. The first-order valence-corrected chi connectivity index (χ1v) is 12.8. The van der Waals surface area contributed by atoms with E-state index in [1.807, 2.05) is 53.9 Å². The van der Waals surface area contributed by atoms with Gasteiger partial charge in [-0.15, -0.1) is 11.3 Å². The zero-order valence-corrected chi connectivity index (χ0v) is 21.3. The molecule has 1 aromatic heterocycles. The number of nitrogens with one attached hydrogen (secondary N) is 2. The molecule has 0 bridgehead atoms. The van der Waals surface area contributed by atoms with Gasteiger partial charge in [0.1, 0.15) is 5.69 Å². The van der Waals surface area contributed by atoms with Crippen molar-refractivity contribution in [1.82, 2.24) is 15.2 Å². The molecule has 1 saturated heterocycles. The van der Waals surface area contributed by atoms with Crippen molar-refractivity contribution in [1.29, 1.82) is 0 Å². The second-order valence-corrected chi connectivity index (χ2v) is 9.78. The number of hydrogen-bond acceptors (Lipinski definition) is 5. The Kier molecular flexibility index (Phi) is 8.50. The third-order valence-electron chi connectivity index (χ3n) is 5.80. The summed E-state index contributed by atoms with van der Waals surface area (Å²) in [7, 11) is 1.68. The lowest BCUT2D eigenvalue weighted by molar-refractivity contribution is 0.102. The Morgan fingerprint density at radius 2 is 1.94 bits per heavy atom. The van der Waals surface area contributed by atoms with Crippen LogP contribution in [-0.2, 0) is 4.74 Å². The SMILES string of the molecule is COCCNC(=S)N1CCC(c2nc(C(=O)Nc3ccccc3-c3ccc(Cl)cc3)cs2)CC1. The molecule has 1 fully saturated rings. The maximum atomic E-state index is 13.0. The Balaban J connectivity index is 1.37. The Labute approximate surface area is 214 Å². The van der Waals surface area contributed by atoms with E-state index in [0.29, 0.717) is 29.8 Å². The second kappa shape index (κ2) is 11.8. The fourth-order valence-electron chi connectivity index (χ4n) is 3.94. The van der Waals surface area contributed by atoms with E-state index in [1.165, 1.54) is 0 Å². The van der Waals surface area contributed by atoms with E-state index in [1.54, 1.807) is 18.4 Å². The lowest BCUT2D eigenvalue weighted by Crippen LogP contribution is -2.44. The van der Waals surface area contributed by atoms with Crippen LogP contribution in [0.2, 0.25) is 5.02 Å². The summed E-state index contributed by atoms with van der Waals surface area (Å²) < 4.78 is 5.06. The highest BCUT2D eigenvalue weighted by atomic mass is 35.5. The number of thiazole rings is 1. The average molecular weight is 515 g/mol. The fourth-order valence-corrected chi connectivity index (χ4v) is 5.32. The van der Waals surface area contributed by atoms with E-state index in [4.69, 9.17) is 28.6 Å². The molecule has 0 unspecified atom stereocenters. The minimum Gasteiger partial charge on any atom is -0.383 e. The number of para-hydroxylation sites is 1. The van der Waals surface area contributed by atoms with Crippen LogP contribution in [0.3, 0.4) is 0 Å². The molecule has 0 aliphatic carbocycles. The quantitative estimate of drug-likeness (QED) is 0.324. The van der Waals surface area contributed by atoms with Crippen molar-refractivity contribution < 1.29 is 9.53 Å². The summed E-state index contributed by atoms with van der Waals surface area (Å²) in [5, 5.41) is 10.6. The maximum Gasteiger partial charge on any atom is 0.275 e. The molecule has 1 aliphatic heterocycles. The molecule has 2 N–H and O–H groups in total. The summed E-state index contributed by atoms with van der Waals surface area (Å²) in [5.41, 5.74) is 3.11. The molecule has 2 aromatic carbocycles. The summed E-state index contributed by atoms with van der Waals surface area (Å²) in [6.45, 7) is 3.09. The molecule has 2 heterocycles. The first-order valence-electron chi connectivity index (χ1n) is 11.2. The minimum absolute atomic E-state index is 0.204. The van der Waals surface area contributed by atoms with Crippen LogP contribution in [0.25, 0.3) is 11.1 Å². The van der Waals surface area contributed by atoms with Crippen molar-refractivity contribution in [3.63, 3.8) is 0 Å². The molecule has 1 amide bonds. The predicted octanol–water partition coefficient (Wildman–Crippen LogP) is 5.42. The van der Waals surface area contributed by atoms with E-state index in [0.717, 1.165) is 52.9 Å². The van der Waals surface area contributed by atoms with Crippen molar-refractivity contribution in [2.24, 2.45) is 0 Å². The number of piperidine rings is 1. The first-order chi connectivity index (χ1) is 16.5. The van der Waals surface area contributed by atoms with Gasteiger partial charge in [-0.2, -0.15) is 0 Å². The lowest BCUT2D eigenvalue weighted by Gasteiger charge is -2.33. The number of carbonyl (C=O) groups excluding carboxylic acids is 1. The molecule has 9 heteroatoms. The topological polar surface area (TPSA) is 66.5 Å². The van der Waals surface area contributed by atoms with E-state index < -0.39 is 0 Å². The van der Waals surface area contributed by atoms with Crippen molar-refractivity contribution in [2.45, 2.75) is 18.8 Å². The number of ether oxygens (including phenoxy) is 1. The van der Waals surface area contributed by atoms with E-state index >= 15 is 0 Å². The lowest BCUT2D eigenvalue weighted by atomic mass is 9.98. The second-order valence-electron chi connectivity index (χ2n) is 8.06. The Morgan fingerprint density at radius 3 is 2.68 bits per heavy atom. The summed E-state index contributed by atoms with van der Waals surface area (Å²) in [4.78, 5) is 19.9. The van der Waals surface area contributed by atoms with Gasteiger partial charge in [0.15, 0.2) is 5.11 Å². The van der Waals surface area contributed by atoms with E-state index in [9.17, 15) is 4.79 Å². The van der Waals surface area contributed by atoms with Crippen LogP contribution in [-0.4, -0.2) is 54.3 Å². The Hall–Kier alpha value is -2.52. The third-order valence-corrected chi connectivity index (χ3v) is 7.46. The number of anilines is 1. The van der Waals surface area contributed by atoms with Gasteiger partial charge in [0.05, 0.1) is 11.6 Å². The molecule has 0 spiro atoms. The smallest absolute Gasteiger partial charge is 0.275 e. The molecule has 3 aromatic rings. The van der Waals surface area contributed by atoms with Crippen LogP contribution in [0.1, 0.15) is 34.3 Å². The van der Waals surface area contributed by atoms with Crippen LogP contribution in [0.5, 0.6) is 0 Å². The van der Waals surface area contributed by atoms with Crippen LogP contribution in [0, 0.1) is 0 Å². The molecular formula is C25H27ClN4O2S2. The Bertz CT molecular complexity index is 1130. The van der Waals surface area contributed by atoms with Crippen molar-refractivity contribution >= 4 is 51.9 Å². The highest BCUT2D eigenvalue weighted by Gasteiger charge is 2.25. The summed E-state index contributed by atoms with van der Waals surface area (Å²) in [6.07, 6.45) is 1.92. The van der Waals surface area contributed by atoms with Crippen LogP contribution >= 0.6 is 35.2 Å².